The van der Waals surface area contributed by atoms with Crippen molar-refractivity contribution in [2.24, 2.45) is 0 Å². The zero-order valence-electron chi connectivity index (χ0n) is 10.6. The van der Waals surface area contributed by atoms with Crippen LogP contribution in [0.25, 0.3) is 0 Å². The summed E-state index contributed by atoms with van der Waals surface area (Å²) < 4.78 is 11.1. The number of aryl methyl sites for hydroxylation is 1. The summed E-state index contributed by atoms with van der Waals surface area (Å²) in [5.41, 5.74) is 2.38. The predicted molar refractivity (Wildman–Crippen MR) is 65.3 cm³/mol. The Bertz CT molecular complexity index is 573. The van der Waals surface area contributed by atoms with Crippen LogP contribution in [0.3, 0.4) is 0 Å². The second-order valence-corrected chi connectivity index (χ2v) is 5.32. The van der Waals surface area contributed by atoms with Crippen LogP contribution < -0.4 is 0 Å². The molecule has 1 fully saturated rings. The minimum absolute atomic E-state index is 0.0779. The van der Waals surface area contributed by atoms with Gasteiger partial charge in [-0.25, -0.2) is 0 Å². The number of ether oxygens (including phenoxy) is 1. The van der Waals surface area contributed by atoms with E-state index in [-0.39, 0.29) is 6.10 Å². The summed E-state index contributed by atoms with van der Waals surface area (Å²) in [6, 6.07) is 0. The molecule has 0 radical (unpaired) electrons. The van der Waals surface area contributed by atoms with Crippen molar-refractivity contribution in [3.8, 4) is 0 Å². The topological polar surface area (TPSA) is 76.8 Å². The Hall–Kier alpha value is -1.69. The van der Waals surface area contributed by atoms with Crippen LogP contribution in [-0.2, 0) is 17.8 Å². The minimum Gasteiger partial charge on any atom is -0.364 e. The molecule has 0 bridgehead atoms. The first-order chi connectivity index (χ1) is 9.40. The predicted octanol–water partition coefficient (Wildman–Crippen LogP) is 2.26. The molecule has 0 spiro atoms. The Kier molecular flexibility index (Phi) is 2.61. The summed E-state index contributed by atoms with van der Waals surface area (Å²) in [7, 11) is 0. The van der Waals surface area contributed by atoms with E-state index in [9.17, 15) is 0 Å². The largest absolute Gasteiger partial charge is 0.364 e. The van der Waals surface area contributed by atoms with Crippen molar-refractivity contribution in [3.05, 3.63) is 29.2 Å². The quantitative estimate of drug-likeness (QED) is 0.912. The number of aromatic amines is 1. The average Bonchev–Trinajstić information content (AvgIpc) is 3.00. The zero-order valence-corrected chi connectivity index (χ0v) is 10.6. The molecular formula is C13H16N4O2. The molecule has 2 heterocycles. The molecule has 1 N–H and O–H groups in total. The van der Waals surface area contributed by atoms with Crippen LogP contribution in [0.4, 0.5) is 0 Å². The van der Waals surface area contributed by atoms with E-state index < -0.39 is 0 Å². The molecule has 1 saturated carbocycles. The molecule has 2 aliphatic carbocycles. The summed E-state index contributed by atoms with van der Waals surface area (Å²) in [5, 5.41) is 11.1. The standard InChI is InChI=1S/C13H16N4O2/c1-2-9-6-14-16-12(9)10(3-1)18-7-11-15-13(19-17-11)8-4-5-8/h6,8,10H,1-5,7H2,(H,14,16). The van der Waals surface area contributed by atoms with Crippen molar-refractivity contribution in [1.82, 2.24) is 20.3 Å². The third-order valence-corrected chi connectivity index (χ3v) is 3.81. The summed E-state index contributed by atoms with van der Waals surface area (Å²) in [6.45, 7) is 0.402. The maximum absolute atomic E-state index is 5.91. The van der Waals surface area contributed by atoms with E-state index in [1.165, 1.54) is 18.4 Å². The van der Waals surface area contributed by atoms with E-state index in [2.05, 4.69) is 20.3 Å². The fourth-order valence-corrected chi connectivity index (χ4v) is 2.59. The van der Waals surface area contributed by atoms with E-state index in [4.69, 9.17) is 9.26 Å². The second-order valence-electron chi connectivity index (χ2n) is 5.32. The van der Waals surface area contributed by atoms with Gasteiger partial charge in [0.25, 0.3) is 0 Å². The lowest BCUT2D eigenvalue weighted by Gasteiger charge is -2.21. The number of hydrogen-bond donors (Lipinski definition) is 1. The van der Waals surface area contributed by atoms with Crippen LogP contribution >= 0.6 is 0 Å². The van der Waals surface area contributed by atoms with Gasteiger partial charge < -0.3 is 9.26 Å². The highest BCUT2D eigenvalue weighted by Crippen LogP contribution is 2.39. The molecule has 2 aromatic heterocycles. The highest BCUT2D eigenvalue weighted by Gasteiger charge is 2.30. The van der Waals surface area contributed by atoms with Crippen LogP contribution in [0.15, 0.2) is 10.7 Å². The van der Waals surface area contributed by atoms with E-state index >= 15 is 0 Å². The highest BCUT2D eigenvalue weighted by molar-refractivity contribution is 5.21. The maximum atomic E-state index is 5.91. The van der Waals surface area contributed by atoms with Crippen molar-refractivity contribution in [1.29, 1.82) is 0 Å². The first-order valence-electron chi connectivity index (χ1n) is 6.86. The van der Waals surface area contributed by atoms with Crippen molar-refractivity contribution in [2.45, 2.75) is 50.7 Å². The molecule has 1 unspecified atom stereocenters. The molecule has 0 aromatic carbocycles. The molecule has 100 valence electrons. The van der Waals surface area contributed by atoms with Gasteiger partial charge >= 0.3 is 0 Å². The van der Waals surface area contributed by atoms with Gasteiger partial charge in [0.2, 0.25) is 5.89 Å². The van der Waals surface area contributed by atoms with Gasteiger partial charge in [0.15, 0.2) is 5.82 Å². The maximum Gasteiger partial charge on any atom is 0.229 e. The van der Waals surface area contributed by atoms with Crippen molar-refractivity contribution in [2.75, 3.05) is 0 Å². The van der Waals surface area contributed by atoms with Gasteiger partial charge in [-0.2, -0.15) is 10.1 Å². The third kappa shape index (κ3) is 2.16. The average molecular weight is 260 g/mol. The fraction of sp³-hybridized carbons (Fsp3) is 0.615. The number of fused-ring (bicyclic) bond motifs is 1. The molecule has 0 aliphatic heterocycles. The van der Waals surface area contributed by atoms with Gasteiger partial charge in [-0.05, 0) is 37.7 Å². The Balaban J connectivity index is 1.42. The number of nitrogens with one attached hydrogen (secondary N) is 1. The molecule has 6 heteroatoms. The number of H-pyrrole nitrogens is 1. The van der Waals surface area contributed by atoms with Gasteiger partial charge in [-0.3, -0.25) is 5.10 Å². The molecule has 19 heavy (non-hydrogen) atoms. The van der Waals surface area contributed by atoms with Gasteiger partial charge in [-0.1, -0.05) is 5.16 Å². The molecule has 0 amide bonds. The van der Waals surface area contributed by atoms with Gasteiger partial charge in [-0.15, -0.1) is 0 Å². The monoisotopic (exact) mass is 260 g/mol. The number of nitrogens with zero attached hydrogens (tertiary/aromatic N) is 3. The molecule has 4 rings (SSSR count). The van der Waals surface area contributed by atoms with Crippen molar-refractivity contribution < 1.29 is 9.26 Å². The molecule has 2 aromatic rings. The first-order valence-corrected chi connectivity index (χ1v) is 6.86. The summed E-state index contributed by atoms with van der Waals surface area (Å²) in [4.78, 5) is 4.37. The second kappa shape index (κ2) is 4.45. The van der Waals surface area contributed by atoms with Crippen molar-refractivity contribution in [3.63, 3.8) is 0 Å². The fourth-order valence-electron chi connectivity index (χ4n) is 2.59. The molecule has 2 aliphatic rings. The van der Waals surface area contributed by atoms with Crippen LogP contribution in [0.1, 0.15) is 60.7 Å². The lowest BCUT2D eigenvalue weighted by atomic mass is 9.96. The Morgan fingerprint density at radius 2 is 2.32 bits per heavy atom. The van der Waals surface area contributed by atoms with E-state index in [1.54, 1.807) is 0 Å². The first kappa shape index (κ1) is 11.2. The molecule has 0 saturated heterocycles. The van der Waals surface area contributed by atoms with Gasteiger partial charge in [0.1, 0.15) is 6.61 Å². The Morgan fingerprint density at radius 3 is 3.21 bits per heavy atom. The highest BCUT2D eigenvalue weighted by atomic mass is 16.5. The Labute approximate surface area is 110 Å². The van der Waals surface area contributed by atoms with Gasteiger partial charge in [0, 0.05) is 5.92 Å². The minimum atomic E-state index is 0.0779. The van der Waals surface area contributed by atoms with E-state index in [1.807, 2.05) is 6.20 Å². The number of rotatable bonds is 4. The van der Waals surface area contributed by atoms with Crippen LogP contribution in [-0.4, -0.2) is 20.3 Å². The van der Waals surface area contributed by atoms with E-state index in [0.29, 0.717) is 18.3 Å². The van der Waals surface area contributed by atoms with Crippen LogP contribution in [0.5, 0.6) is 0 Å². The van der Waals surface area contributed by atoms with Crippen LogP contribution in [0, 0.1) is 0 Å². The van der Waals surface area contributed by atoms with Gasteiger partial charge in [0.05, 0.1) is 18.0 Å². The lowest BCUT2D eigenvalue weighted by molar-refractivity contribution is 0.0210. The van der Waals surface area contributed by atoms with E-state index in [0.717, 1.165) is 30.8 Å². The normalized spacial score (nSPS) is 22.4. The zero-order chi connectivity index (χ0) is 12.7. The lowest BCUT2D eigenvalue weighted by Crippen LogP contribution is -2.12. The number of hydrogen-bond acceptors (Lipinski definition) is 5. The SMILES string of the molecule is c1n[nH]c2c1CCCC2OCc1noc(C2CC2)n1. The summed E-state index contributed by atoms with van der Waals surface area (Å²) >= 11 is 0. The third-order valence-electron chi connectivity index (χ3n) is 3.81. The summed E-state index contributed by atoms with van der Waals surface area (Å²) in [5.74, 6) is 1.91. The van der Waals surface area contributed by atoms with Crippen molar-refractivity contribution >= 4 is 0 Å². The van der Waals surface area contributed by atoms with Crippen LogP contribution in [0.2, 0.25) is 0 Å². The molecular weight excluding hydrogens is 244 g/mol. The Morgan fingerprint density at radius 1 is 1.37 bits per heavy atom. The number of aromatic nitrogens is 4. The summed E-state index contributed by atoms with van der Waals surface area (Å²) in [6.07, 6.45) is 7.54. The molecule has 6 nitrogen and oxygen atoms in total. The smallest absolute Gasteiger partial charge is 0.229 e. The molecule has 1 atom stereocenters.